The molecule has 0 unspecified atom stereocenters. The van der Waals surface area contributed by atoms with Crippen LogP contribution in [0.3, 0.4) is 0 Å². The van der Waals surface area contributed by atoms with Crippen molar-refractivity contribution in [2.24, 2.45) is 0 Å². The summed E-state index contributed by atoms with van der Waals surface area (Å²) in [5.74, 6) is 0. The number of nitrogens with zero attached hydrogens (tertiary/aromatic N) is 1. The molecule has 1 fully saturated rings. The van der Waals surface area contributed by atoms with Gasteiger partial charge in [0.15, 0.2) is 0 Å². The van der Waals surface area contributed by atoms with Crippen molar-refractivity contribution in [3.05, 3.63) is 71.8 Å². The fraction of sp³-hybridized carbons (Fsp3) is 0.400. The molecule has 2 nitrogen and oxygen atoms in total. The molecule has 0 heterocycles. The summed E-state index contributed by atoms with van der Waals surface area (Å²) in [6, 6.07) is 21.4. The zero-order valence-corrected chi connectivity index (χ0v) is 13.5. The molecular weight excluding hydrogens is 270 g/mol. The van der Waals surface area contributed by atoms with E-state index in [1.807, 2.05) is 0 Å². The van der Waals surface area contributed by atoms with E-state index >= 15 is 0 Å². The van der Waals surface area contributed by atoms with Gasteiger partial charge >= 0.3 is 0 Å². The first-order valence-corrected chi connectivity index (χ1v) is 8.26. The molecular formula is C20H27NO. The van der Waals surface area contributed by atoms with Crippen LogP contribution >= 0.6 is 0 Å². The number of rotatable bonds is 6. The van der Waals surface area contributed by atoms with Crippen molar-refractivity contribution in [1.82, 2.24) is 4.90 Å². The Bertz CT molecular complexity index is 466. The molecule has 3 rings (SSSR count). The number of aliphatic hydroxyl groups excluding tert-OH is 1. The van der Waals surface area contributed by atoms with Crippen molar-refractivity contribution < 1.29 is 5.11 Å². The molecule has 1 saturated carbocycles. The molecule has 118 valence electrons. The topological polar surface area (TPSA) is 23.5 Å². The highest BCUT2D eigenvalue weighted by Gasteiger charge is 2.15. The summed E-state index contributed by atoms with van der Waals surface area (Å²) in [7, 11) is 0. The maximum atomic E-state index is 8.17. The van der Waals surface area contributed by atoms with Crippen LogP contribution < -0.4 is 0 Å². The number of aliphatic hydroxyl groups is 1. The molecule has 0 radical (unpaired) electrons. The lowest BCUT2D eigenvalue weighted by Crippen LogP contribution is -2.23. The molecule has 0 spiro atoms. The monoisotopic (exact) mass is 297 g/mol. The van der Waals surface area contributed by atoms with Gasteiger partial charge < -0.3 is 5.11 Å². The van der Waals surface area contributed by atoms with E-state index < -0.39 is 0 Å². The molecule has 0 saturated heterocycles. The summed E-state index contributed by atoms with van der Waals surface area (Å²) < 4.78 is 0. The molecule has 0 aromatic heterocycles. The van der Waals surface area contributed by atoms with Crippen molar-refractivity contribution in [2.75, 3.05) is 6.54 Å². The summed E-state index contributed by atoms with van der Waals surface area (Å²) in [4.78, 5) is 2.50. The zero-order valence-electron chi connectivity index (χ0n) is 13.5. The zero-order chi connectivity index (χ0) is 15.6. The quantitative estimate of drug-likeness (QED) is 0.862. The fourth-order valence-corrected chi connectivity index (χ4v) is 2.29. The molecule has 0 amide bonds. The van der Waals surface area contributed by atoms with Gasteiger partial charge in [0.1, 0.15) is 0 Å². The number of hydrogen-bond acceptors (Lipinski definition) is 2. The second-order valence-corrected chi connectivity index (χ2v) is 5.91. The average molecular weight is 297 g/mol. The van der Waals surface area contributed by atoms with Gasteiger partial charge in [0.25, 0.3) is 0 Å². The van der Waals surface area contributed by atoms with E-state index in [-0.39, 0.29) is 6.10 Å². The maximum Gasteiger partial charge on any atom is 0.0542 e. The third kappa shape index (κ3) is 6.88. The molecule has 1 aliphatic rings. The molecule has 2 aromatic rings. The maximum absolute atomic E-state index is 8.17. The van der Waals surface area contributed by atoms with Crippen LogP contribution in [0.1, 0.15) is 37.3 Å². The summed E-state index contributed by atoms with van der Waals surface area (Å²) in [6.07, 6.45) is 3.36. The third-order valence-electron chi connectivity index (χ3n) is 3.58. The first kappa shape index (κ1) is 16.7. The first-order valence-electron chi connectivity index (χ1n) is 8.26. The third-order valence-corrected chi connectivity index (χ3v) is 3.58. The van der Waals surface area contributed by atoms with Gasteiger partial charge in [-0.25, -0.2) is 0 Å². The van der Waals surface area contributed by atoms with E-state index in [9.17, 15) is 0 Å². The summed E-state index contributed by atoms with van der Waals surface area (Å²) in [6.45, 7) is 5.44. The Morgan fingerprint density at radius 3 is 1.59 bits per heavy atom. The van der Waals surface area contributed by atoms with Crippen molar-refractivity contribution in [2.45, 2.75) is 45.4 Å². The predicted molar refractivity (Wildman–Crippen MR) is 92.5 cm³/mol. The van der Waals surface area contributed by atoms with Crippen LogP contribution in [0.4, 0.5) is 0 Å². The largest absolute Gasteiger partial charge is 0.393 e. The molecule has 1 aliphatic carbocycles. The van der Waals surface area contributed by atoms with Crippen LogP contribution in [0, 0.1) is 0 Å². The van der Waals surface area contributed by atoms with E-state index in [0.717, 1.165) is 32.5 Å². The minimum atomic E-state index is 0.0833. The van der Waals surface area contributed by atoms with Gasteiger partial charge in [-0.05, 0) is 36.9 Å². The standard InChI is InChI=1S/C17H21N.C3H6O/c1-2-13-18(14-16-9-5-3-6-10-16)15-17-11-7-4-8-12-17;4-3-1-2-3/h3-12H,2,13-15H2,1H3;3-4H,1-2H2. The summed E-state index contributed by atoms with van der Waals surface area (Å²) in [5, 5.41) is 8.17. The van der Waals surface area contributed by atoms with Gasteiger partial charge in [-0.3, -0.25) is 4.90 Å². The van der Waals surface area contributed by atoms with Gasteiger partial charge in [-0.15, -0.1) is 0 Å². The Balaban J connectivity index is 0.000000381. The SMILES string of the molecule is CCCN(Cc1ccccc1)Cc1ccccc1.OC1CC1. The molecule has 1 N–H and O–H groups in total. The van der Waals surface area contributed by atoms with Crippen molar-refractivity contribution in [1.29, 1.82) is 0 Å². The predicted octanol–water partition coefficient (Wildman–Crippen LogP) is 4.24. The molecule has 0 atom stereocenters. The highest BCUT2D eigenvalue weighted by molar-refractivity contribution is 5.17. The lowest BCUT2D eigenvalue weighted by molar-refractivity contribution is 0.257. The summed E-state index contributed by atoms with van der Waals surface area (Å²) >= 11 is 0. The van der Waals surface area contributed by atoms with Crippen LogP contribution in [-0.2, 0) is 13.1 Å². The minimum Gasteiger partial charge on any atom is -0.393 e. The Morgan fingerprint density at radius 1 is 0.864 bits per heavy atom. The number of hydrogen-bond donors (Lipinski definition) is 1. The van der Waals surface area contributed by atoms with Gasteiger partial charge in [0, 0.05) is 13.1 Å². The molecule has 0 aliphatic heterocycles. The lowest BCUT2D eigenvalue weighted by Gasteiger charge is -2.21. The normalized spacial score (nSPS) is 13.6. The van der Waals surface area contributed by atoms with E-state index in [1.54, 1.807) is 0 Å². The Hall–Kier alpha value is -1.64. The average Bonchev–Trinajstić information content (AvgIpc) is 3.32. The van der Waals surface area contributed by atoms with E-state index in [2.05, 4.69) is 72.5 Å². The highest BCUT2D eigenvalue weighted by atomic mass is 16.3. The van der Waals surface area contributed by atoms with Crippen LogP contribution in [0.5, 0.6) is 0 Å². The number of benzene rings is 2. The van der Waals surface area contributed by atoms with Crippen LogP contribution in [0.15, 0.2) is 60.7 Å². The van der Waals surface area contributed by atoms with Gasteiger partial charge in [0.2, 0.25) is 0 Å². The van der Waals surface area contributed by atoms with Crippen molar-refractivity contribution in [3.63, 3.8) is 0 Å². The second-order valence-electron chi connectivity index (χ2n) is 5.91. The first-order chi connectivity index (χ1) is 10.8. The molecule has 2 aromatic carbocycles. The fourth-order valence-electron chi connectivity index (χ4n) is 2.29. The Kier molecular flexibility index (Phi) is 7.14. The Labute approximate surface area is 134 Å². The smallest absolute Gasteiger partial charge is 0.0542 e. The van der Waals surface area contributed by atoms with Gasteiger partial charge in [-0.1, -0.05) is 67.6 Å². The Morgan fingerprint density at radius 2 is 1.27 bits per heavy atom. The highest BCUT2D eigenvalue weighted by Crippen LogP contribution is 2.17. The van der Waals surface area contributed by atoms with Gasteiger partial charge in [-0.2, -0.15) is 0 Å². The van der Waals surface area contributed by atoms with E-state index in [4.69, 9.17) is 5.11 Å². The second kappa shape index (κ2) is 9.39. The van der Waals surface area contributed by atoms with Crippen LogP contribution in [0.2, 0.25) is 0 Å². The van der Waals surface area contributed by atoms with E-state index in [1.165, 1.54) is 17.5 Å². The lowest BCUT2D eigenvalue weighted by atomic mass is 10.1. The molecule has 2 heteroatoms. The van der Waals surface area contributed by atoms with Crippen molar-refractivity contribution in [3.8, 4) is 0 Å². The minimum absolute atomic E-state index is 0.0833. The van der Waals surface area contributed by atoms with Crippen LogP contribution in [0.25, 0.3) is 0 Å². The summed E-state index contributed by atoms with van der Waals surface area (Å²) in [5.41, 5.74) is 2.78. The molecule has 22 heavy (non-hydrogen) atoms. The van der Waals surface area contributed by atoms with Crippen LogP contribution in [-0.4, -0.2) is 22.7 Å². The van der Waals surface area contributed by atoms with Crippen molar-refractivity contribution >= 4 is 0 Å². The van der Waals surface area contributed by atoms with E-state index in [0.29, 0.717) is 0 Å². The van der Waals surface area contributed by atoms with Gasteiger partial charge in [0.05, 0.1) is 6.10 Å². The molecule has 0 bridgehead atoms.